The van der Waals surface area contributed by atoms with Crippen molar-refractivity contribution in [2.45, 2.75) is 0 Å². The van der Waals surface area contributed by atoms with Crippen LogP contribution in [0.3, 0.4) is 0 Å². The van der Waals surface area contributed by atoms with Gasteiger partial charge in [-0.15, -0.1) is 0 Å². The van der Waals surface area contributed by atoms with Crippen molar-refractivity contribution >= 4 is 5.69 Å². The minimum Gasteiger partial charge on any atom is -0.450 e. The predicted molar refractivity (Wildman–Crippen MR) is 47.4 cm³/mol. The molecule has 0 aliphatic rings. The minimum atomic E-state index is -0.508. The number of ether oxygens (including phenoxy) is 1. The van der Waals surface area contributed by atoms with E-state index in [1.54, 1.807) is 12.1 Å². The molecule has 1 aromatic rings. The number of rotatable bonds is 3. The fourth-order valence-corrected chi connectivity index (χ4v) is 0.813. The zero-order chi connectivity index (χ0) is 9.68. The molecule has 0 aromatic heterocycles. The number of benzene rings is 1. The molecular formula is C9H7NO3. The van der Waals surface area contributed by atoms with Crippen LogP contribution < -0.4 is 4.74 Å². The average Bonchev–Trinajstić information content (AvgIpc) is 2.15. The van der Waals surface area contributed by atoms with Crippen LogP contribution in [-0.2, 0) is 0 Å². The Labute approximate surface area is 74.9 Å². The first-order chi connectivity index (χ1) is 6.25. The number of nitro groups is 1. The van der Waals surface area contributed by atoms with Crippen molar-refractivity contribution < 1.29 is 9.66 Å². The Morgan fingerprint density at radius 1 is 1.54 bits per heavy atom. The lowest BCUT2D eigenvalue weighted by molar-refractivity contribution is -0.385. The summed E-state index contributed by atoms with van der Waals surface area (Å²) >= 11 is 0. The molecule has 0 radical (unpaired) electrons. The van der Waals surface area contributed by atoms with Crippen molar-refractivity contribution in [3.05, 3.63) is 53.0 Å². The molecule has 0 fully saturated rings. The molecule has 1 rings (SSSR count). The zero-order valence-corrected chi connectivity index (χ0v) is 6.77. The molecule has 13 heavy (non-hydrogen) atoms. The average molecular weight is 177 g/mol. The summed E-state index contributed by atoms with van der Waals surface area (Å²) in [5.74, 6) is 0.184. The molecular weight excluding hydrogens is 170 g/mol. The van der Waals surface area contributed by atoms with E-state index in [4.69, 9.17) is 4.74 Å². The van der Waals surface area contributed by atoms with Gasteiger partial charge >= 0.3 is 5.69 Å². The maximum Gasteiger partial charge on any atom is 0.311 e. The molecule has 0 saturated carbocycles. The molecule has 0 heterocycles. The Morgan fingerprint density at radius 2 is 2.23 bits per heavy atom. The number of nitrogens with zero attached hydrogens (tertiary/aromatic N) is 1. The highest BCUT2D eigenvalue weighted by Gasteiger charge is 2.12. The lowest BCUT2D eigenvalue weighted by Gasteiger charge is -1.98. The number of para-hydroxylation sites is 2. The number of hydrogen-bond donors (Lipinski definition) is 0. The predicted octanol–water partition coefficient (Wildman–Crippen LogP) is 2.27. The third-order valence-corrected chi connectivity index (χ3v) is 1.33. The van der Waals surface area contributed by atoms with E-state index in [0.717, 1.165) is 0 Å². The smallest absolute Gasteiger partial charge is 0.311 e. The summed E-state index contributed by atoms with van der Waals surface area (Å²) in [6, 6.07) is 6.10. The highest BCUT2D eigenvalue weighted by atomic mass is 16.6. The first-order valence-corrected chi connectivity index (χ1v) is 3.50. The van der Waals surface area contributed by atoms with Crippen LogP contribution in [0.4, 0.5) is 5.69 Å². The van der Waals surface area contributed by atoms with Gasteiger partial charge in [-0.2, -0.15) is 0 Å². The van der Waals surface area contributed by atoms with Crippen LogP contribution in [0.2, 0.25) is 0 Å². The third-order valence-electron chi connectivity index (χ3n) is 1.33. The highest BCUT2D eigenvalue weighted by Crippen LogP contribution is 2.25. The molecule has 0 spiro atoms. The van der Waals surface area contributed by atoms with Crippen molar-refractivity contribution in [2.24, 2.45) is 0 Å². The largest absolute Gasteiger partial charge is 0.450 e. The first-order valence-electron chi connectivity index (χ1n) is 3.50. The van der Waals surface area contributed by atoms with Gasteiger partial charge in [0.1, 0.15) is 6.26 Å². The summed E-state index contributed by atoms with van der Waals surface area (Å²) in [7, 11) is 0. The molecule has 66 valence electrons. The molecule has 0 unspecified atom stereocenters. The topological polar surface area (TPSA) is 52.4 Å². The Kier molecular flexibility index (Phi) is 2.84. The summed E-state index contributed by atoms with van der Waals surface area (Å²) in [6.45, 7) is 3.27. The van der Waals surface area contributed by atoms with Gasteiger partial charge in [0.15, 0.2) is 0 Å². The summed E-state index contributed by atoms with van der Waals surface area (Å²) in [5, 5.41) is 10.5. The highest BCUT2D eigenvalue weighted by molar-refractivity contribution is 5.45. The van der Waals surface area contributed by atoms with Gasteiger partial charge in [0, 0.05) is 6.07 Å². The van der Waals surface area contributed by atoms with E-state index in [9.17, 15) is 10.1 Å². The molecule has 0 atom stereocenters. The lowest BCUT2D eigenvalue weighted by Crippen LogP contribution is -1.91. The van der Waals surface area contributed by atoms with Crippen LogP contribution in [0.5, 0.6) is 5.75 Å². The van der Waals surface area contributed by atoms with Gasteiger partial charge < -0.3 is 4.74 Å². The Bertz CT molecular complexity index is 367. The second-order valence-electron chi connectivity index (χ2n) is 2.16. The Hall–Kier alpha value is -2.06. The first kappa shape index (κ1) is 9.03. The quantitative estimate of drug-likeness (QED) is 0.308. The van der Waals surface area contributed by atoms with E-state index in [1.807, 2.05) is 0 Å². The maximum absolute atomic E-state index is 10.5. The van der Waals surface area contributed by atoms with Crippen LogP contribution in [0.1, 0.15) is 0 Å². The molecule has 0 N–H and O–H groups in total. The lowest BCUT2D eigenvalue weighted by atomic mass is 10.3. The van der Waals surface area contributed by atoms with Gasteiger partial charge in [-0.05, 0) is 6.07 Å². The summed E-state index contributed by atoms with van der Waals surface area (Å²) in [6.07, 6.45) is 1.17. The van der Waals surface area contributed by atoms with Gasteiger partial charge in [-0.3, -0.25) is 10.1 Å². The second kappa shape index (κ2) is 4.09. The molecule has 4 nitrogen and oxygen atoms in total. The normalized spacial score (nSPS) is 8.62. The molecule has 1 aromatic carbocycles. The molecule has 0 aliphatic carbocycles. The molecule has 4 heteroatoms. The summed E-state index contributed by atoms with van der Waals surface area (Å²) in [4.78, 5) is 9.95. The fraction of sp³-hybridized carbons (Fsp3) is 0. The third kappa shape index (κ3) is 2.18. The SMILES string of the molecule is C=C=COc1ccccc1[N+](=O)[O-]. The molecule has 0 aliphatic heterocycles. The Balaban J connectivity index is 3.04. The summed E-state index contributed by atoms with van der Waals surface area (Å²) < 4.78 is 4.91. The maximum atomic E-state index is 10.5. The molecule has 0 bridgehead atoms. The van der Waals surface area contributed by atoms with E-state index in [2.05, 4.69) is 12.3 Å². The van der Waals surface area contributed by atoms with Crippen LogP contribution in [-0.4, -0.2) is 4.92 Å². The van der Waals surface area contributed by atoms with Crippen LogP contribution >= 0.6 is 0 Å². The van der Waals surface area contributed by atoms with E-state index < -0.39 is 4.92 Å². The van der Waals surface area contributed by atoms with Gasteiger partial charge in [-0.25, -0.2) is 0 Å². The van der Waals surface area contributed by atoms with E-state index in [1.165, 1.54) is 18.4 Å². The summed E-state index contributed by atoms with van der Waals surface area (Å²) in [5.41, 5.74) is 2.29. The van der Waals surface area contributed by atoms with Crippen LogP contribution in [0, 0.1) is 10.1 Å². The van der Waals surface area contributed by atoms with E-state index >= 15 is 0 Å². The molecule has 0 saturated heterocycles. The number of hydrogen-bond acceptors (Lipinski definition) is 3. The monoisotopic (exact) mass is 177 g/mol. The van der Waals surface area contributed by atoms with Crippen molar-refractivity contribution in [3.63, 3.8) is 0 Å². The van der Waals surface area contributed by atoms with Crippen molar-refractivity contribution in [1.82, 2.24) is 0 Å². The van der Waals surface area contributed by atoms with Crippen molar-refractivity contribution in [1.29, 1.82) is 0 Å². The number of nitro benzene ring substituents is 1. The van der Waals surface area contributed by atoms with E-state index in [-0.39, 0.29) is 11.4 Å². The van der Waals surface area contributed by atoms with Gasteiger partial charge in [0.05, 0.1) is 4.92 Å². The molecule has 0 amide bonds. The van der Waals surface area contributed by atoms with Gasteiger partial charge in [-0.1, -0.05) is 24.4 Å². The van der Waals surface area contributed by atoms with Crippen molar-refractivity contribution in [2.75, 3.05) is 0 Å². The zero-order valence-electron chi connectivity index (χ0n) is 6.77. The van der Waals surface area contributed by atoms with Crippen LogP contribution in [0.15, 0.2) is 42.8 Å². The van der Waals surface area contributed by atoms with Crippen molar-refractivity contribution in [3.8, 4) is 5.75 Å². The fourth-order valence-electron chi connectivity index (χ4n) is 0.813. The minimum absolute atomic E-state index is 0.0750. The standard InChI is InChI=1S/C9H7NO3/c1-2-7-13-9-6-4-3-5-8(9)10(11)12/h3-7H,1H2. The van der Waals surface area contributed by atoms with Crippen LogP contribution in [0.25, 0.3) is 0 Å². The second-order valence-corrected chi connectivity index (χ2v) is 2.16. The van der Waals surface area contributed by atoms with Gasteiger partial charge in [0.25, 0.3) is 0 Å². The Morgan fingerprint density at radius 3 is 2.85 bits per heavy atom. The van der Waals surface area contributed by atoms with E-state index in [0.29, 0.717) is 0 Å². The van der Waals surface area contributed by atoms with Gasteiger partial charge in [0.2, 0.25) is 5.75 Å².